The molecule has 0 bridgehead atoms. The van der Waals surface area contributed by atoms with E-state index < -0.39 is 0 Å². The Bertz CT molecular complexity index is 776. The second-order valence-electron chi connectivity index (χ2n) is 4.47. The van der Waals surface area contributed by atoms with Crippen LogP contribution in [0.25, 0.3) is 10.8 Å². The first kappa shape index (κ1) is 13.6. The van der Waals surface area contributed by atoms with E-state index in [0.717, 1.165) is 22.2 Å². The number of rotatable bonds is 4. The molecule has 21 heavy (non-hydrogen) atoms. The van der Waals surface area contributed by atoms with Gasteiger partial charge in [0.05, 0.1) is 6.61 Å². The van der Waals surface area contributed by atoms with E-state index >= 15 is 0 Å². The van der Waals surface area contributed by atoms with Gasteiger partial charge in [-0.3, -0.25) is 0 Å². The van der Waals surface area contributed by atoms with Crippen LogP contribution in [0.3, 0.4) is 0 Å². The van der Waals surface area contributed by atoms with E-state index in [1.165, 1.54) is 0 Å². The van der Waals surface area contributed by atoms with Crippen LogP contribution in [0.5, 0.6) is 5.75 Å². The van der Waals surface area contributed by atoms with E-state index in [9.17, 15) is 0 Å². The van der Waals surface area contributed by atoms with Gasteiger partial charge in [0.25, 0.3) is 0 Å². The topological polar surface area (TPSA) is 47.0 Å². The molecular formula is C16H14ClN3O. The lowest BCUT2D eigenvalue weighted by molar-refractivity contribution is 0.340. The zero-order valence-corrected chi connectivity index (χ0v) is 12.3. The lowest BCUT2D eigenvalue weighted by Crippen LogP contribution is -1.98. The molecule has 0 aliphatic carbocycles. The predicted octanol–water partition coefficient (Wildman–Crippen LogP) is 4.43. The van der Waals surface area contributed by atoms with Crippen LogP contribution in [0.4, 0.5) is 11.5 Å². The van der Waals surface area contributed by atoms with E-state index in [1.807, 2.05) is 55.5 Å². The highest BCUT2D eigenvalue weighted by Crippen LogP contribution is 2.28. The van der Waals surface area contributed by atoms with Gasteiger partial charge >= 0.3 is 0 Å². The van der Waals surface area contributed by atoms with Gasteiger partial charge in [0.1, 0.15) is 5.75 Å². The minimum atomic E-state index is 0.402. The van der Waals surface area contributed by atoms with Crippen molar-refractivity contribution in [3.05, 3.63) is 53.7 Å². The molecule has 1 aromatic heterocycles. The van der Waals surface area contributed by atoms with Crippen LogP contribution in [0.1, 0.15) is 6.92 Å². The number of hydrogen-bond acceptors (Lipinski definition) is 4. The number of anilines is 2. The average Bonchev–Trinajstić information content (AvgIpc) is 2.51. The zero-order chi connectivity index (χ0) is 14.7. The molecule has 0 saturated heterocycles. The third-order valence-corrected chi connectivity index (χ3v) is 3.33. The summed E-state index contributed by atoms with van der Waals surface area (Å²) in [7, 11) is 0. The molecule has 0 spiro atoms. The van der Waals surface area contributed by atoms with Gasteiger partial charge in [-0.2, -0.15) is 0 Å². The molecule has 3 rings (SSSR count). The summed E-state index contributed by atoms with van der Waals surface area (Å²) in [5.41, 5.74) is 0.891. The molecular weight excluding hydrogens is 286 g/mol. The number of nitrogens with zero attached hydrogens (tertiary/aromatic N) is 2. The summed E-state index contributed by atoms with van der Waals surface area (Å²) in [5.74, 6) is 1.48. The first-order valence-corrected chi connectivity index (χ1v) is 7.06. The van der Waals surface area contributed by atoms with Crippen LogP contribution < -0.4 is 10.1 Å². The molecule has 0 unspecified atom stereocenters. The Morgan fingerprint density at radius 1 is 1.05 bits per heavy atom. The van der Waals surface area contributed by atoms with Gasteiger partial charge in [-0.1, -0.05) is 41.9 Å². The molecule has 0 fully saturated rings. The van der Waals surface area contributed by atoms with Crippen molar-refractivity contribution in [1.82, 2.24) is 10.2 Å². The largest absolute Gasteiger partial charge is 0.494 e. The summed E-state index contributed by atoms with van der Waals surface area (Å²) in [6, 6.07) is 15.5. The Balaban J connectivity index is 1.98. The van der Waals surface area contributed by atoms with Crippen molar-refractivity contribution >= 4 is 33.9 Å². The summed E-state index contributed by atoms with van der Waals surface area (Å²) in [6.45, 7) is 2.59. The molecule has 3 aromatic rings. The fraction of sp³-hybridized carbons (Fsp3) is 0.125. The Morgan fingerprint density at radius 3 is 2.67 bits per heavy atom. The van der Waals surface area contributed by atoms with Gasteiger partial charge in [0.2, 0.25) is 0 Å². The van der Waals surface area contributed by atoms with Gasteiger partial charge in [0.15, 0.2) is 11.0 Å². The number of benzene rings is 2. The fourth-order valence-electron chi connectivity index (χ4n) is 2.13. The quantitative estimate of drug-likeness (QED) is 0.774. The molecule has 5 heteroatoms. The van der Waals surface area contributed by atoms with Crippen LogP contribution in [-0.2, 0) is 0 Å². The second-order valence-corrected chi connectivity index (χ2v) is 4.83. The van der Waals surface area contributed by atoms with E-state index in [2.05, 4.69) is 15.5 Å². The molecule has 1 N–H and O–H groups in total. The van der Waals surface area contributed by atoms with Crippen molar-refractivity contribution in [2.45, 2.75) is 6.92 Å². The summed E-state index contributed by atoms with van der Waals surface area (Å²) < 4.78 is 5.49. The van der Waals surface area contributed by atoms with Gasteiger partial charge in [-0.15, -0.1) is 10.2 Å². The Hall–Kier alpha value is -2.33. The molecule has 0 atom stereocenters. The Labute approximate surface area is 127 Å². The molecule has 0 aliphatic heterocycles. The summed E-state index contributed by atoms with van der Waals surface area (Å²) in [5, 5.41) is 13.6. The first-order valence-electron chi connectivity index (χ1n) is 6.68. The Kier molecular flexibility index (Phi) is 3.88. The molecule has 0 amide bonds. The maximum atomic E-state index is 6.08. The monoisotopic (exact) mass is 299 g/mol. The molecule has 2 aromatic carbocycles. The molecule has 0 radical (unpaired) electrons. The fourth-order valence-corrected chi connectivity index (χ4v) is 2.33. The summed E-state index contributed by atoms with van der Waals surface area (Å²) in [6.07, 6.45) is 0. The SMILES string of the molecule is CCOc1cccc(Nc2nnc(Cl)c3ccccc23)c1. The number of nitrogens with one attached hydrogen (secondary N) is 1. The van der Waals surface area contributed by atoms with E-state index in [4.69, 9.17) is 16.3 Å². The number of halogens is 1. The molecule has 0 aliphatic rings. The van der Waals surface area contributed by atoms with Crippen LogP contribution in [0.2, 0.25) is 5.15 Å². The van der Waals surface area contributed by atoms with Crippen LogP contribution >= 0.6 is 11.6 Å². The van der Waals surface area contributed by atoms with Crippen LogP contribution in [0.15, 0.2) is 48.5 Å². The number of fused-ring (bicyclic) bond motifs is 1. The standard InChI is InChI=1S/C16H14ClN3O/c1-2-21-12-7-5-6-11(10-12)18-16-14-9-4-3-8-13(14)15(17)19-20-16/h3-10H,2H2,1H3,(H,18,20). The lowest BCUT2D eigenvalue weighted by Gasteiger charge is -2.10. The van der Waals surface area contributed by atoms with Crippen molar-refractivity contribution < 1.29 is 4.74 Å². The van der Waals surface area contributed by atoms with E-state index in [-0.39, 0.29) is 0 Å². The minimum absolute atomic E-state index is 0.402. The molecule has 4 nitrogen and oxygen atoms in total. The van der Waals surface area contributed by atoms with Gasteiger partial charge in [0, 0.05) is 22.5 Å². The second kappa shape index (κ2) is 5.97. The third kappa shape index (κ3) is 2.90. The van der Waals surface area contributed by atoms with Gasteiger partial charge in [-0.05, 0) is 19.1 Å². The number of ether oxygens (including phenoxy) is 1. The molecule has 0 saturated carbocycles. The van der Waals surface area contributed by atoms with Crippen molar-refractivity contribution in [2.24, 2.45) is 0 Å². The number of hydrogen-bond donors (Lipinski definition) is 1. The molecule has 1 heterocycles. The van der Waals surface area contributed by atoms with E-state index in [0.29, 0.717) is 17.6 Å². The normalized spacial score (nSPS) is 10.6. The van der Waals surface area contributed by atoms with Gasteiger partial charge < -0.3 is 10.1 Å². The maximum absolute atomic E-state index is 6.08. The smallest absolute Gasteiger partial charge is 0.161 e. The minimum Gasteiger partial charge on any atom is -0.494 e. The highest BCUT2D eigenvalue weighted by molar-refractivity contribution is 6.34. The lowest BCUT2D eigenvalue weighted by atomic mass is 10.2. The Morgan fingerprint density at radius 2 is 1.86 bits per heavy atom. The van der Waals surface area contributed by atoms with Crippen molar-refractivity contribution in [1.29, 1.82) is 0 Å². The summed E-state index contributed by atoms with van der Waals surface area (Å²) >= 11 is 6.08. The third-order valence-electron chi connectivity index (χ3n) is 3.05. The van der Waals surface area contributed by atoms with E-state index in [1.54, 1.807) is 0 Å². The van der Waals surface area contributed by atoms with Crippen molar-refractivity contribution in [3.8, 4) is 5.75 Å². The highest BCUT2D eigenvalue weighted by Gasteiger charge is 2.07. The maximum Gasteiger partial charge on any atom is 0.161 e. The van der Waals surface area contributed by atoms with Crippen molar-refractivity contribution in [3.63, 3.8) is 0 Å². The first-order chi connectivity index (χ1) is 10.3. The number of aromatic nitrogens is 2. The average molecular weight is 300 g/mol. The molecule has 106 valence electrons. The summed E-state index contributed by atoms with van der Waals surface area (Å²) in [4.78, 5) is 0. The van der Waals surface area contributed by atoms with Crippen LogP contribution in [-0.4, -0.2) is 16.8 Å². The predicted molar refractivity (Wildman–Crippen MR) is 85.4 cm³/mol. The highest BCUT2D eigenvalue weighted by atomic mass is 35.5. The van der Waals surface area contributed by atoms with Crippen molar-refractivity contribution in [2.75, 3.05) is 11.9 Å². The van der Waals surface area contributed by atoms with Gasteiger partial charge in [-0.25, -0.2) is 0 Å². The zero-order valence-electron chi connectivity index (χ0n) is 11.5. The van der Waals surface area contributed by atoms with Crippen LogP contribution in [0, 0.1) is 0 Å².